The van der Waals surface area contributed by atoms with Crippen LogP contribution < -0.4 is 10.9 Å². The lowest BCUT2D eigenvalue weighted by atomic mass is 9.88. The van der Waals surface area contributed by atoms with Gasteiger partial charge in [0.25, 0.3) is 11.5 Å². The molecule has 1 fully saturated rings. The number of hydrogen-bond donors (Lipinski definition) is 1. The van der Waals surface area contributed by atoms with Crippen molar-refractivity contribution in [3.8, 4) is 0 Å². The number of allylic oxidation sites excluding steroid dienone is 1. The van der Waals surface area contributed by atoms with E-state index in [4.69, 9.17) is 0 Å². The average molecular weight is 399 g/mol. The Kier molecular flexibility index (Phi) is 8.14. The van der Waals surface area contributed by atoms with E-state index in [-0.39, 0.29) is 17.5 Å². The van der Waals surface area contributed by atoms with E-state index in [1.54, 1.807) is 0 Å². The zero-order valence-electron chi connectivity index (χ0n) is 18.3. The van der Waals surface area contributed by atoms with Crippen LogP contribution in [-0.2, 0) is 19.4 Å². The minimum absolute atomic E-state index is 0.0271. The van der Waals surface area contributed by atoms with E-state index in [0.717, 1.165) is 38.6 Å². The Morgan fingerprint density at radius 1 is 1.14 bits per heavy atom. The molecule has 0 saturated heterocycles. The number of amides is 1. The van der Waals surface area contributed by atoms with Gasteiger partial charge in [0.05, 0.1) is 0 Å². The molecule has 1 aromatic heterocycles. The highest BCUT2D eigenvalue weighted by molar-refractivity contribution is 5.94. The van der Waals surface area contributed by atoms with E-state index in [1.165, 1.54) is 56.2 Å². The second-order valence-electron chi connectivity index (χ2n) is 8.88. The Bertz CT molecular complexity index is 772. The van der Waals surface area contributed by atoms with Crippen molar-refractivity contribution in [2.75, 3.05) is 0 Å². The number of aryl methyl sites for hydroxylation is 1. The first kappa shape index (κ1) is 21.9. The van der Waals surface area contributed by atoms with Crippen LogP contribution in [0.15, 0.2) is 23.0 Å². The molecule has 1 N–H and O–H groups in total. The van der Waals surface area contributed by atoms with Crippen LogP contribution in [0, 0.1) is 5.92 Å². The molecule has 1 saturated carbocycles. The summed E-state index contributed by atoms with van der Waals surface area (Å²) in [5.41, 5.74) is 2.69. The lowest BCUT2D eigenvalue weighted by Crippen LogP contribution is -2.40. The molecule has 160 valence electrons. The topological polar surface area (TPSA) is 51.1 Å². The standard InChI is InChI=1S/C25H38N2O2/c1-3-12-21(4-2)26-24(28)22-17-20-15-10-5-6-11-16-23(20)27(25(22)29)18-19-13-8-7-9-14-19/h3,12,17,19,21H,4-11,13-16,18H2,1-2H3,(H,26,28). The number of hydrogen-bond acceptors (Lipinski definition) is 2. The maximum atomic E-state index is 13.5. The summed E-state index contributed by atoms with van der Waals surface area (Å²) in [6.45, 7) is 4.79. The molecule has 0 bridgehead atoms. The van der Waals surface area contributed by atoms with Crippen molar-refractivity contribution in [3.05, 3.63) is 45.4 Å². The fourth-order valence-corrected chi connectivity index (χ4v) is 4.98. The third-order valence-electron chi connectivity index (χ3n) is 6.69. The molecule has 1 unspecified atom stereocenters. The van der Waals surface area contributed by atoms with Crippen molar-refractivity contribution < 1.29 is 4.79 Å². The Morgan fingerprint density at radius 3 is 2.52 bits per heavy atom. The van der Waals surface area contributed by atoms with Crippen molar-refractivity contribution in [3.63, 3.8) is 0 Å². The largest absolute Gasteiger partial charge is 0.346 e. The van der Waals surface area contributed by atoms with Gasteiger partial charge >= 0.3 is 0 Å². The second-order valence-corrected chi connectivity index (χ2v) is 8.88. The summed E-state index contributed by atoms with van der Waals surface area (Å²) in [6, 6.07) is 1.89. The van der Waals surface area contributed by atoms with Crippen molar-refractivity contribution in [2.45, 2.75) is 103 Å². The molecule has 29 heavy (non-hydrogen) atoms. The first-order chi connectivity index (χ1) is 14.1. The predicted molar refractivity (Wildman–Crippen MR) is 120 cm³/mol. The number of carbonyl (C=O) groups is 1. The Hall–Kier alpha value is -1.84. The number of rotatable bonds is 6. The van der Waals surface area contributed by atoms with Gasteiger partial charge in [0.15, 0.2) is 0 Å². The fraction of sp³-hybridized carbons (Fsp3) is 0.680. The van der Waals surface area contributed by atoms with Crippen LogP contribution in [-0.4, -0.2) is 16.5 Å². The average Bonchev–Trinajstić information content (AvgIpc) is 2.71. The highest BCUT2D eigenvalue weighted by Crippen LogP contribution is 2.27. The monoisotopic (exact) mass is 398 g/mol. The third-order valence-corrected chi connectivity index (χ3v) is 6.69. The summed E-state index contributed by atoms with van der Waals surface area (Å²) in [7, 11) is 0. The van der Waals surface area contributed by atoms with Gasteiger partial charge in [0.2, 0.25) is 0 Å². The number of pyridine rings is 1. The maximum Gasteiger partial charge on any atom is 0.263 e. The van der Waals surface area contributed by atoms with Crippen molar-refractivity contribution in [1.82, 2.24) is 9.88 Å². The molecule has 0 spiro atoms. The van der Waals surface area contributed by atoms with Crippen molar-refractivity contribution >= 4 is 5.91 Å². The molecular weight excluding hydrogens is 360 g/mol. The number of aromatic nitrogens is 1. The molecule has 4 nitrogen and oxygen atoms in total. The van der Waals surface area contributed by atoms with Crippen LogP contribution in [0.4, 0.5) is 0 Å². The summed E-state index contributed by atoms with van der Waals surface area (Å²) in [4.78, 5) is 26.5. The van der Waals surface area contributed by atoms with E-state index in [1.807, 2.05) is 36.6 Å². The van der Waals surface area contributed by atoms with Crippen LogP contribution in [0.3, 0.4) is 0 Å². The van der Waals surface area contributed by atoms with Crippen molar-refractivity contribution in [2.24, 2.45) is 5.92 Å². The summed E-state index contributed by atoms with van der Waals surface area (Å²) >= 11 is 0. The number of nitrogens with zero attached hydrogens (tertiary/aromatic N) is 1. The first-order valence-electron chi connectivity index (χ1n) is 11.8. The maximum absolute atomic E-state index is 13.5. The Balaban J connectivity index is 1.97. The normalized spacial score (nSPS) is 19.4. The second kappa shape index (κ2) is 10.8. The molecule has 1 heterocycles. The molecular formula is C25H38N2O2. The van der Waals surface area contributed by atoms with E-state index in [9.17, 15) is 9.59 Å². The van der Waals surface area contributed by atoms with E-state index in [2.05, 4.69) is 5.32 Å². The molecule has 3 rings (SSSR count). The van der Waals surface area contributed by atoms with E-state index in [0.29, 0.717) is 11.5 Å². The highest BCUT2D eigenvalue weighted by Gasteiger charge is 2.23. The first-order valence-corrected chi connectivity index (χ1v) is 11.8. The highest BCUT2D eigenvalue weighted by atomic mass is 16.2. The SMILES string of the molecule is CC=CC(CC)NC(=O)c1cc2c(n(CC3CCCCC3)c1=O)CCCCCC2. The number of fused-ring (bicyclic) bond motifs is 1. The van der Waals surface area contributed by atoms with Gasteiger partial charge in [-0.15, -0.1) is 0 Å². The van der Waals surface area contributed by atoms with Crippen LogP contribution in [0.25, 0.3) is 0 Å². The molecule has 2 aliphatic carbocycles. The van der Waals surface area contributed by atoms with Gasteiger partial charge < -0.3 is 9.88 Å². The van der Waals surface area contributed by atoms with Gasteiger partial charge in [-0.05, 0) is 69.4 Å². The molecule has 1 amide bonds. The minimum atomic E-state index is -0.220. The summed E-state index contributed by atoms with van der Waals surface area (Å²) in [5, 5.41) is 3.05. The van der Waals surface area contributed by atoms with Crippen LogP contribution in [0.2, 0.25) is 0 Å². The van der Waals surface area contributed by atoms with Gasteiger partial charge in [0, 0.05) is 18.3 Å². The van der Waals surface area contributed by atoms with Gasteiger partial charge in [-0.1, -0.05) is 51.2 Å². The number of nitrogens with one attached hydrogen (secondary N) is 1. The smallest absolute Gasteiger partial charge is 0.263 e. The molecule has 4 heteroatoms. The lowest BCUT2D eigenvalue weighted by Gasteiger charge is -2.27. The summed E-state index contributed by atoms with van der Waals surface area (Å²) < 4.78 is 2.00. The van der Waals surface area contributed by atoms with Gasteiger partial charge in [-0.25, -0.2) is 0 Å². The van der Waals surface area contributed by atoms with Crippen molar-refractivity contribution in [1.29, 1.82) is 0 Å². The predicted octanol–water partition coefficient (Wildman–Crippen LogP) is 5.17. The zero-order valence-corrected chi connectivity index (χ0v) is 18.3. The molecule has 0 aliphatic heterocycles. The van der Waals surface area contributed by atoms with Gasteiger partial charge in [0.1, 0.15) is 5.56 Å². The van der Waals surface area contributed by atoms with Crippen LogP contribution in [0.5, 0.6) is 0 Å². The van der Waals surface area contributed by atoms with Crippen LogP contribution in [0.1, 0.15) is 99.7 Å². The zero-order chi connectivity index (χ0) is 20.6. The van der Waals surface area contributed by atoms with E-state index >= 15 is 0 Å². The van der Waals surface area contributed by atoms with Crippen LogP contribution >= 0.6 is 0 Å². The molecule has 0 aromatic carbocycles. The molecule has 1 atom stereocenters. The summed E-state index contributed by atoms with van der Waals surface area (Å²) in [6.07, 6.45) is 17.7. The van der Waals surface area contributed by atoms with E-state index < -0.39 is 0 Å². The van der Waals surface area contributed by atoms with Gasteiger partial charge in [-0.2, -0.15) is 0 Å². The Labute approximate surface area is 175 Å². The lowest BCUT2D eigenvalue weighted by molar-refractivity contribution is 0.0941. The number of carbonyl (C=O) groups excluding carboxylic acids is 1. The molecule has 2 aliphatic rings. The minimum Gasteiger partial charge on any atom is -0.346 e. The quantitative estimate of drug-likeness (QED) is 0.672. The molecule has 1 aromatic rings. The summed E-state index contributed by atoms with van der Waals surface area (Å²) in [5.74, 6) is 0.350. The fourth-order valence-electron chi connectivity index (χ4n) is 4.98. The Morgan fingerprint density at radius 2 is 1.83 bits per heavy atom. The van der Waals surface area contributed by atoms with Gasteiger partial charge in [-0.3, -0.25) is 9.59 Å². The molecule has 0 radical (unpaired) electrons. The third kappa shape index (κ3) is 5.61.